The van der Waals surface area contributed by atoms with Gasteiger partial charge < -0.3 is 23.4 Å². The smallest absolute Gasteiger partial charge is 0.212 e. The van der Waals surface area contributed by atoms with Crippen molar-refractivity contribution in [2.45, 2.75) is 38.6 Å². The highest BCUT2D eigenvalue weighted by molar-refractivity contribution is 7.16. The van der Waals surface area contributed by atoms with E-state index in [-0.39, 0.29) is 0 Å². The van der Waals surface area contributed by atoms with Crippen LogP contribution in [0, 0.1) is 6.92 Å². The maximum Gasteiger partial charge on any atom is 0.212 e. The van der Waals surface area contributed by atoms with Crippen molar-refractivity contribution < 1.29 is 23.4 Å². The normalized spacial score (nSPS) is 17.2. The summed E-state index contributed by atoms with van der Waals surface area (Å²) in [4.78, 5) is 10.3. The van der Waals surface area contributed by atoms with Crippen LogP contribution >= 0.6 is 22.7 Å². The van der Waals surface area contributed by atoms with Crippen molar-refractivity contribution >= 4 is 44.2 Å². The van der Waals surface area contributed by atoms with E-state index in [2.05, 4.69) is 16.2 Å². The predicted molar refractivity (Wildman–Crippen MR) is 140 cm³/mol. The third-order valence-electron chi connectivity index (χ3n) is 6.66. The van der Waals surface area contributed by atoms with Crippen LogP contribution in [0.2, 0.25) is 0 Å². The molecule has 0 unspecified atom stereocenters. The Hall–Kier alpha value is -3.25. The van der Waals surface area contributed by atoms with E-state index in [0.29, 0.717) is 42.7 Å². The zero-order valence-corrected chi connectivity index (χ0v) is 22.0. The van der Waals surface area contributed by atoms with Crippen molar-refractivity contribution in [3.8, 4) is 23.0 Å². The number of fused-ring (bicyclic) bond motifs is 2. The molecule has 0 amide bonds. The molecule has 5 heterocycles. The summed E-state index contributed by atoms with van der Waals surface area (Å²) in [6.07, 6.45) is 6.59. The number of rotatable bonds is 6. The van der Waals surface area contributed by atoms with E-state index < -0.39 is 5.79 Å². The lowest BCUT2D eigenvalue weighted by molar-refractivity contribution is -0.159. The number of methoxy groups -OCH3 is 1. The van der Waals surface area contributed by atoms with Crippen LogP contribution in [-0.2, 0) is 16.1 Å². The number of hydrogen-bond acceptors (Lipinski definition) is 10. The van der Waals surface area contributed by atoms with E-state index in [0.717, 1.165) is 51.0 Å². The van der Waals surface area contributed by atoms with E-state index in [1.165, 1.54) is 16.9 Å². The van der Waals surface area contributed by atoms with Crippen molar-refractivity contribution in [2.75, 3.05) is 20.3 Å². The first-order valence-corrected chi connectivity index (χ1v) is 13.8. The van der Waals surface area contributed by atoms with Crippen LogP contribution in [0.15, 0.2) is 40.3 Å². The summed E-state index contributed by atoms with van der Waals surface area (Å²) in [5.41, 5.74) is 3.51. The van der Waals surface area contributed by atoms with Crippen LogP contribution < -0.4 is 9.47 Å². The summed E-state index contributed by atoms with van der Waals surface area (Å²) in [7, 11) is 1.63. The number of nitrogens with zero attached hydrogens (tertiary/aromatic N) is 4. The molecule has 1 aromatic carbocycles. The minimum Gasteiger partial charge on any atom is -0.496 e. The van der Waals surface area contributed by atoms with Crippen LogP contribution in [0.5, 0.6) is 11.5 Å². The second kappa shape index (κ2) is 8.95. The zero-order chi connectivity index (χ0) is 25.0. The fraction of sp³-hybridized carbons (Fsp3) is 0.346. The molecule has 37 heavy (non-hydrogen) atoms. The van der Waals surface area contributed by atoms with Gasteiger partial charge >= 0.3 is 0 Å². The average molecular weight is 537 g/mol. The van der Waals surface area contributed by atoms with Gasteiger partial charge in [-0.3, -0.25) is 0 Å². The third-order valence-corrected chi connectivity index (χ3v) is 8.46. The molecule has 4 aromatic heterocycles. The maximum absolute atomic E-state index is 6.24. The summed E-state index contributed by atoms with van der Waals surface area (Å²) in [6, 6.07) is 5.68. The van der Waals surface area contributed by atoms with Crippen molar-refractivity contribution in [2.24, 2.45) is 0 Å². The lowest BCUT2D eigenvalue weighted by atomic mass is 9.94. The predicted octanol–water partition coefficient (Wildman–Crippen LogP) is 5.87. The Bertz CT molecular complexity index is 1610. The van der Waals surface area contributed by atoms with E-state index in [1.54, 1.807) is 23.0 Å². The minimum atomic E-state index is -0.421. The fourth-order valence-corrected chi connectivity index (χ4v) is 6.40. The van der Waals surface area contributed by atoms with Gasteiger partial charge in [-0.05, 0) is 25.0 Å². The lowest BCUT2D eigenvalue weighted by Gasteiger charge is -2.30. The van der Waals surface area contributed by atoms with Gasteiger partial charge in [-0.1, -0.05) is 17.4 Å². The molecule has 1 aliphatic carbocycles. The zero-order valence-electron chi connectivity index (χ0n) is 20.4. The first-order chi connectivity index (χ1) is 18.1. The van der Waals surface area contributed by atoms with E-state index in [4.69, 9.17) is 28.3 Å². The summed E-state index contributed by atoms with van der Waals surface area (Å²) < 4.78 is 31.3. The molecule has 0 N–H and O–H groups in total. The van der Waals surface area contributed by atoms with Crippen molar-refractivity contribution in [3.63, 3.8) is 0 Å². The number of allylic oxidation sites excluding steroid dienone is 1. The molecule has 1 saturated heterocycles. The van der Waals surface area contributed by atoms with Crippen LogP contribution in [0.1, 0.15) is 35.0 Å². The molecule has 1 aliphatic heterocycles. The van der Waals surface area contributed by atoms with Gasteiger partial charge in [0.15, 0.2) is 11.5 Å². The summed E-state index contributed by atoms with van der Waals surface area (Å²) in [5, 5.41) is 9.33. The van der Waals surface area contributed by atoms with Gasteiger partial charge in [-0.15, -0.1) is 11.3 Å². The summed E-state index contributed by atoms with van der Waals surface area (Å²) in [6.45, 7) is 3.65. The Labute approximate surface area is 220 Å². The first kappa shape index (κ1) is 22.9. The van der Waals surface area contributed by atoms with Crippen molar-refractivity contribution in [3.05, 3.63) is 51.6 Å². The number of benzene rings is 1. The second-order valence-electron chi connectivity index (χ2n) is 9.10. The lowest BCUT2D eigenvalue weighted by Crippen LogP contribution is -2.31. The van der Waals surface area contributed by atoms with Crippen LogP contribution in [0.3, 0.4) is 0 Å². The van der Waals surface area contributed by atoms with Crippen LogP contribution in [-0.4, -0.2) is 45.7 Å². The molecular formula is C26H24N4O5S2. The second-order valence-corrected chi connectivity index (χ2v) is 11.1. The van der Waals surface area contributed by atoms with Gasteiger partial charge in [0.1, 0.15) is 39.4 Å². The van der Waals surface area contributed by atoms with Gasteiger partial charge in [-0.25, -0.2) is 14.5 Å². The Morgan fingerprint density at radius 2 is 2.05 bits per heavy atom. The average Bonchev–Trinajstić information content (AvgIpc) is 3.71. The molecule has 11 heteroatoms. The SMILES string of the molecule is COc1cc(OCc2csc(C3=CCC4(CC3)OCCO4)n2)c2cc(-c3cn4nc(C)sc4n3)oc2c1. The fourth-order valence-electron chi connectivity index (χ4n) is 4.80. The number of aryl methyl sites for hydroxylation is 1. The number of ether oxygens (including phenoxy) is 4. The number of imidazole rings is 1. The van der Waals surface area contributed by atoms with E-state index >= 15 is 0 Å². The van der Waals surface area contributed by atoms with Gasteiger partial charge in [0.25, 0.3) is 0 Å². The first-order valence-electron chi connectivity index (χ1n) is 12.1. The van der Waals surface area contributed by atoms with Crippen molar-refractivity contribution in [1.82, 2.24) is 19.6 Å². The van der Waals surface area contributed by atoms with Crippen LogP contribution in [0.25, 0.3) is 33.0 Å². The van der Waals surface area contributed by atoms with Gasteiger partial charge in [0, 0.05) is 30.4 Å². The minimum absolute atomic E-state index is 0.339. The van der Waals surface area contributed by atoms with E-state index in [9.17, 15) is 0 Å². The van der Waals surface area contributed by atoms with Crippen molar-refractivity contribution in [1.29, 1.82) is 0 Å². The molecule has 0 atom stereocenters. The Balaban J connectivity index is 1.12. The molecular weight excluding hydrogens is 512 g/mol. The molecule has 5 aromatic rings. The number of thiazole rings is 1. The maximum atomic E-state index is 6.24. The topological polar surface area (TPSA) is 93.1 Å². The highest BCUT2D eigenvalue weighted by atomic mass is 32.1. The standard InChI is InChI=1S/C26H24N4O5S2/c1-15-29-30-12-20(28-25(30)37-15)23-11-19-21(9-18(31-2)10-22(19)35-23)32-13-17-14-36-24(27-17)16-3-5-26(6-4-16)33-7-8-34-26/h3,9-12,14H,4-8,13H2,1-2H3. The number of hydrogen-bond donors (Lipinski definition) is 0. The van der Waals surface area contributed by atoms with Crippen LogP contribution in [0.4, 0.5) is 0 Å². The molecule has 1 fully saturated rings. The highest BCUT2D eigenvalue weighted by Gasteiger charge is 2.38. The quantitative estimate of drug-likeness (QED) is 0.266. The molecule has 1 spiro atoms. The largest absolute Gasteiger partial charge is 0.496 e. The molecule has 0 saturated carbocycles. The highest BCUT2D eigenvalue weighted by Crippen LogP contribution is 2.40. The monoisotopic (exact) mass is 536 g/mol. The molecule has 0 bridgehead atoms. The third kappa shape index (κ3) is 4.21. The van der Waals surface area contributed by atoms with Gasteiger partial charge in [0.05, 0.1) is 37.6 Å². The molecule has 7 rings (SSSR count). The Morgan fingerprint density at radius 3 is 2.84 bits per heavy atom. The Morgan fingerprint density at radius 1 is 1.16 bits per heavy atom. The molecule has 9 nitrogen and oxygen atoms in total. The number of aromatic nitrogens is 4. The van der Waals surface area contributed by atoms with Gasteiger partial charge in [-0.2, -0.15) is 5.10 Å². The molecule has 0 radical (unpaired) electrons. The summed E-state index contributed by atoms with van der Waals surface area (Å²) >= 11 is 3.18. The summed E-state index contributed by atoms with van der Waals surface area (Å²) in [5.74, 6) is 1.55. The molecule has 2 aliphatic rings. The van der Waals surface area contributed by atoms with E-state index in [1.807, 2.05) is 36.7 Å². The van der Waals surface area contributed by atoms with Gasteiger partial charge in [0.2, 0.25) is 4.96 Å². The number of furan rings is 1. The molecule has 190 valence electrons. The Kier molecular flexibility index (Phi) is 5.54.